The molecule has 0 aromatic carbocycles. The molecule has 0 saturated carbocycles. The van der Waals surface area contributed by atoms with E-state index >= 15 is 0 Å². The molecule has 1 aliphatic heterocycles. The Morgan fingerprint density at radius 1 is 1.50 bits per heavy atom. The summed E-state index contributed by atoms with van der Waals surface area (Å²) in [6.45, 7) is 3.11. The summed E-state index contributed by atoms with van der Waals surface area (Å²) in [5.74, 6) is 1.77. The van der Waals surface area contributed by atoms with E-state index in [4.69, 9.17) is 9.47 Å². The van der Waals surface area contributed by atoms with Crippen LogP contribution in [0.15, 0.2) is 12.1 Å². The molecule has 1 fully saturated rings. The fourth-order valence-corrected chi connectivity index (χ4v) is 3.46. The molecule has 20 heavy (non-hydrogen) atoms. The van der Waals surface area contributed by atoms with Crippen molar-refractivity contribution in [3.8, 4) is 5.88 Å². The number of nitrogens with one attached hydrogen (secondary N) is 1. The zero-order valence-corrected chi connectivity index (χ0v) is 12.9. The number of ether oxygens (including phenoxy) is 2. The van der Waals surface area contributed by atoms with Gasteiger partial charge in [-0.05, 0) is 37.7 Å². The molecule has 0 radical (unpaired) electrons. The van der Waals surface area contributed by atoms with Crippen molar-refractivity contribution in [3.05, 3.63) is 17.7 Å². The molecule has 1 atom stereocenters. The van der Waals surface area contributed by atoms with Crippen LogP contribution in [0.3, 0.4) is 0 Å². The van der Waals surface area contributed by atoms with Gasteiger partial charge in [0.25, 0.3) is 0 Å². The van der Waals surface area contributed by atoms with Crippen molar-refractivity contribution in [2.45, 2.75) is 24.5 Å². The standard InChI is InChI=1S/C14H20N2O3S/c1-14(7-4-8-20-14)9-15-11-6-5-10(13(17)19-3)12(16-11)18-2/h5-6H,4,7-9H2,1-3H3,(H,15,16). The van der Waals surface area contributed by atoms with E-state index in [1.54, 1.807) is 12.1 Å². The van der Waals surface area contributed by atoms with Crippen molar-refractivity contribution < 1.29 is 14.3 Å². The Labute approximate surface area is 123 Å². The first kappa shape index (κ1) is 15.0. The summed E-state index contributed by atoms with van der Waals surface area (Å²) in [6, 6.07) is 3.45. The van der Waals surface area contributed by atoms with Crippen LogP contribution in [-0.2, 0) is 4.74 Å². The zero-order valence-electron chi connectivity index (χ0n) is 12.1. The molecule has 1 unspecified atom stereocenters. The van der Waals surface area contributed by atoms with E-state index in [0.717, 1.165) is 6.54 Å². The van der Waals surface area contributed by atoms with Crippen LogP contribution in [-0.4, -0.2) is 42.2 Å². The quantitative estimate of drug-likeness (QED) is 0.843. The molecular formula is C14H20N2O3S. The Morgan fingerprint density at radius 2 is 2.30 bits per heavy atom. The van der Waals surface area contributed by atoms with Gasteiger partial charge in [0.2, 0.25) is 5.88 Å². The number of rotatable bonds is 5. The van der Waals surface area contributed by atoms with Crippen LogP contribution in [0.4, 0.5) is 5.82 Å². The fourth-order valence-electron chi connectivity index (χ4n) is 2.21. The van der Waals surface area contributed by atoms with Gasteiger partial charge in [0.05, 0.1) is 14.2 Å². The third kappa shape index (κ3) is 3.36. The van der Waals surface area contributed by atoms with E-state index < -0.39 is 5.97 Å². The van der Waals surface area contributed by atoms with Crippen molar-refractivity contribution in [3.63, 3.8) is 0 Å². The van der Waals surface area contributed by atoms with Gasteiger partial charge in [0, 0.05) is 11.3 Å². The molecule has 5 nitrogen and oxygen atoms in total. The SMILES string of the molecule is COC(=O)c1ccc(NCC2(C)CCCS2)nc1OC. The number of esters is 1. The fraction of sp³-hybridized carbons (Fsp3) is 0.571. The first-order valence-corrected chi connectivity index (χ1v) is 7.58. The Balaban J connectivity index is 2.07. The van der Waals surface area contributed by atoms with Crippen LogP contribution in [0.1, 0.15) is 30.1 Å². The molecule has 1 N–H and O–H groups in total. The van der Waals surface area contributed by atoms with E-state index in [0.29, 0.717) is 11.4 Å². The second-order valence-electron chi connectivity index (χ2n) is 5.00. The van der Waals surface area contributed by atoms with Gasteiger partial charge >= 0.3 is 5.97 Å². The molecule has 1 saturated heterocycles. The van der Waals surface area contributed by atoms with Crippen LogP contribution in [0.2, 0.25) is 0 Å². The number of carbonyl (C=O) groups excluding carboxylic acids is 1. The van der Waals surface area contributed by atoms with Gasteiger partial charge in [-0.3, -0.25) is 0 Å². The maximum Gasteiger partial charge on any atom is 0.343 e. The van der Waals surface area contributed by atoms with Gasteiger partial charge in [0.15, 0.2) is 0 Å². The van der Waals surface area contributed by atoms with E-state index in [-0.39, 0.29) is 10.6 Å². The minimum atomic E-state index is -0.445. The average Bonchev–Trinajstić information content (AvgIpc) is 2.91. The number of pyridine rings is 1. The van der Waals surface area contributed by atoms with Crippen LogP contribution in [0.5, 0.6) is 5.88 Å². The molecule has 1 aromatic heterocycles. The first-order chi connectivity index (χ1) is 9.58. The normalized spacial score (nSPS) is 21.6. The van der Waals surface area contributed by atoms with Crippen LogP contribution in [0.25, 0.3) is 0 Å². The maximum absolute atomic E-state index is 11.6. The number of aromatic nitrogens is 1. The Morgan fingerprint density at radius 3 is 2.90 bits per heavy atom. The van der Waals surface area contributed by atoms with Gasteiger partial charge in [-0.1, -0.05) is 0 Å². The third-order valence-corrected chi connectivity index (χ3v) is 4.94. The summed E-state index contributed by atoms with van der Waals surface area (Å²) >= 11 is 1.99. The second-order valence-corrected chi connectivity index (χ2v) is 6.68. The molecule has 2 heterocycles. The minimum Gasteiger partial charge on any atom is -0.480 e. The number of carbonyl (C=O) groups is 1. The maximum atomic E-state index is 11.6. The van der Waals surface area contributed by atoms with Gasteiger partial charge in [-0.15, -0.1) is 0 Å². The Hall–Kier alpha value is -1.43. The van der Waals surface area contributed by atoms with Crippen LogP contribution < -0.4 is 10.1 Å². The van der Waals surface area contributed by atoms with Gasteiger partial charge in [-0.2, -0.15) is 16.7 Å². The molecule has 2 rings (SSSR count). The van der Waals surface area contributed by atoms with E-state index in [2.05, 4.69) is 17.2 Å². The highest BCUT2D eigenvalue weighted by molar-refractivity contribution is 8.00. The van der Waals surface area contributed by atoms with E-state index in [1.807, 2.05) is 11.8 Å². The lowest BCUT2D eigenvalue weighted by Gasteiger charge is -2.23. The lowest BCUT2D eigenvalue weighted by atomic mass is 10.1. The monoisotopic (exact) mass is 296 g/mol. The van der Waals surface area contributed by atoms with E-state index in [1.165, 1.54) is 32.8 Å². The van der Waals surface area contributed by atoms with Crippen molar-refractivity contribution in [2.75, 3.05) is 31.8 Å². The highest BCUT2D eigenvalue weighted by Crippen LogP contribution is 2.37. The third-order valence-electron chi connectivity index (χ3n) is 3.40. The molecule has 0 bridgehead atoms. The molecule has 6 heteroatoms. The number of methoxy groups -OCH3 is 2. The molecule has 1 aliphatic rings. The molecule has 0 spiro atoms. The molecule has 0 amide bonds. The first-order valence-electron chi connectivity index (χ1n) is 6.59. The topological polar surface area (TPSA) is 60.5 Å². The number of nitrogens with zero attached hydrogens (tertiary/aromatic N) is 1. The van der Waals surface area contributed by atoms with Crippen LogP contribution >= 0.6 is 11.8 Å². The van der Waals surface area contributed by atoms with Crippen molar-refractivity contribution in [1.29, 1.82) is 0 Å². The summed E-state index contributed by atoms with van der Waals surface area (Å²) in [4.78, 5) is 15.9. The van der Waals surface area contributed by atoms with Gasteiger partial charge < -0.3 is 14.8 Å². The highest BCUT2D eigenvalue weighted by atomic mass is 32.2. The number of anilines is 1. The molecule has 110 valence electrons. The predicted octanol–water partition coefficient (Wildman–Crippen LogP) is 2.57. The van der Waals surface area contributed by atoms with Crippen molar-refractivity contribution >= 4 is 23.5 Å². The molecular weight excluding hydrogens is 276 g/mol. The van der Waals surface area contributed by atoms with E-state index in [9.17, 15) is 4.79 Å². The minimum absolute atomic E-state index is 0.260. The van der Waals surface area contributed by atoms with Gasteiger partial charge in [0.1, 0.15) is 11.4 Å². The smallest absolute Gasteiger partial charge is 0.343 e. The van der Waals surface area contributed by atoms with Crippen molar-refractivity contribution in [2.24, 2.45) is 0 Å². The number of thioether (sulfide) groups is 1. The van der Waals surface area contributed by atoms with Crippen LogP contribution in [0, 0.1) is 0 Å². The summed E-state index contributed by atoms with van der Waals surface area (Å²) in [7, 11) is 2.83. The summed E-state index contributed by atoms with van der Waals surface area (Å²) in [5.41, 5.74) is 0.335. The Kier molecular flexibility index (Phi) is 4.75. The lowest BCUT2D eigenvalue weighted by Crippen LogP contribution is -2.27. The highest BCUT2D eigenvalue weighted by Gasteiger charge is 2.29. The predicted molar refractivity (Wildman–Crippen MR) is 80.7 cm³/mol. The Bertz CT molecular complexity index is 487. The summed E-state index contributed by atoms with van der Waals surface area (Å²) < 4.78 is 10.1. The molecule has 0 aliphatic carbocycles. The largest absolute Gasteiger partial charge is 0.480 e. The number of hydrogen-bond acceptors (Lipinski definition) is 6. The summed E-state index contributed by atoms with van der Waals surface area (Å²) in [6.07, 6.45) is 2.48. The lowest BCUT2D eigenvalue weighted by molar-refractivity contribution is 0.0596. The second kappa shape index (κ2) is 6.35. The van der Waals surface area contributed by atoms with Gasteiger partial charge in [-0.25, -0.2) is 4.79 Å². The summed E-state index contributed by atoms with van der Waals surface area (Å²) in [5, 5.41) is 3.32. The molecule has 1 aromatic rings. The number of hydrogen-bond donors (Lipinski definition) is 1. The average molecular weight is 296 g/mol. The zero-order chi connectivity index (χ0) is 14.6. The van der Waals surface area contributed by atoms with Crippen molar-refractivity contribution in [1.82, 2.24) is 4.98 Å².